The summed E-state index contributed by atoms with van der Waals surface area (Å²) < 4.78 is 0. The molecule has 0 spiro atoms. The SMILES string of the molecule is CCc1ccccc1Nc1cc(N2CCN(Cc3ccccc3)CC2)ncn1. The third-order valence-electron chi connectivity index (χ3n) is 5.26. The number of aryl methyl sites for hydroxylation is 1. The van der Waals surface area contributed by atoms with E-state index in [-0.39, 0.29) is 0 Å². The fraction of sp³-hybridized carbons (Fsp3) is 0.304. The molecule has 5 heteroatoms. The minimum absolute atomic E-state index is 0.845. The van der Waals surface area contributed by atoms with Crippen LogP contribution in [0.3, 0.4) is 0 Å². The molecule has 2 aromatic carbocycles. The second-order valence-electron chi connectivity index (χ2n) is 7.15. The van der Waals surface area contributed by atoms with Gasteiger partial charge in [-0.05, 0) is 23.6 Å². The molecule has 0 amide bonds. The molecule has 1 N–H and O–H groups in total. The number of anilines is 3. The molecule has 0 saturated carbocycles. The van der Waals surface area contributed by atoms with Gasteiger partial charge in [-0.1, -0.05) is 55.5 Å². The van der Waals surface area contributed by atoms with Gasteiger partial charge in [0.1, 0.15) is 18.0 Å². The van der Waals surface area contributed by atoms with Crippen molar-refractivity contribution in [3.8, 4) is 0 Å². The van der Waals surface area contributed by atoms with Crippen LogP contribution in [0.1, 0.15) is 18.1 Å². The summed E-state index contributed by atoms with van der Waals surface area (Å²) in [6.45, 7) is 7.23. The average Bonchev–Trinajstić information content (AvgIpc) is 2.76. The quantitative estimate of drug-likeness (QED) is 0.705. The predicted molar refractivity (Wildman–Crippen MR) is 115 cm³/mol. The number of piperazine rings is 1. The largest absolute Gasteiger partial charge is 0.354 e. The topological polar surface area (TPSA) is 44.3 Å². The third-order valence-corrected chi connectivity index (χ3v) is 5.26. The summed E-state index contributed by atoms with van der Waals surface area (Å²) in [4.78, 5) is 13.8. The van der Waals surface area contributed by atoms with Crippen LogP contribution in [0, 0.1) is 0 Å². The van der Waals surface area contributed by atoms with E-state index in [2.05, 4.69) is 92.7 Å². The molecule has 1 saturated heterocycles. The Morgan fingerprint density at radius 1 is 0.893 bits per heavy atom. The first kappa shape index (κ1) is 18.4. The maximum Gasteiger partial charge on any atom is 0.135 e. The number of nitrogens with one attached hydrogen (secondary N) is 1. The molecule has 144 valence electrons. The average molecular weight is 374 g/mol. The Bertz CT molecular complexity index is 888. The van der Waals surface area contributed by atoms with Gasteiger partial charge in [-0.15, -0.1) is 0 Å². The second-order valence-corrected chi connectivity index (χ2v) is 7.15. The van der Waals surface area contributed by atoms with Crippen molar-refractivity contribution in [3.63, 3.8) is 0 Å². The van der Waals surface area contributed by atoms with E-state index in [4.69, 9.17) is 0 Å². The highest BCUT2D eigenvalue weighted by Gasteiger charge is 2.18. The van der Waals surface area contributed by atoms with E-state index in [1.54, 1.807) is 6.33 Å². The van der Waals surface area contributed by atoms with Crippen molar-refractivity contribution in [3.05, 3.63) is 78.1 Å². The van der Waals surface area contributed by atoms with Crippen molar-refractivity contribution < 1.29 is 0 Å². The highest BCUT2D eigenvalue weighted by atomic mass is 15.3. The number of hydrogen-bond donors (Lipinski definition) is 1. The van der Waals surface area contributed by atoms with Crippen LogP contribution in [0.5, 0.6) is 0 Å². The van der Waals surface area contributed by atoms with Crippen LogP contribution < -0.4 is 10.2 Å². The van der Waals surface area contributed by atoms with Crippen LogP contribution in [0.15, 0.2) is 67.0 Å². The van der Waals surface area contributed by atoms with Crippen molar-refractivity contribution in [1.29, 1.82) is 0 Å². The summed E-state index contributed by atoms with van der Waals surface area (Å²) >= 11 is 0. The summed E-state index contributed by atoms with van der Waals surface area (Å²) in [5.41, 5.74) is 3.78. The predicted octanol–water partition coefficient (Wildman–Crippen LogP) is 4.10. The fourth-order valence-corrected chi connectivity index (χ4v) is 3.65. The molecule has 1 aromatic heterocycles. The first-order chi connectivity index (χ1) is 13.8. The van der Waals surface area contributed by atoms with Gasteiger partial charge < -0.3 is 10.2 Å². The number of nitrogens with zero attached hydrogens (tertiary/aromatic N) is 4. The van der Waals surface area contributed by atoms with Gasteiger partial charge in [0.15, 0.2) is 0 Å². The van der Waals surface area contributed by atoms with Crippen LogP contribution in [0.2, 0.25) is 0 Å². The maximum absolute atomic E-state index is 4.51. The Balaban J connectivity index is 1.38. The molecule has 1 aliphatic rings. The summed E-state index contributed by atoms with van der Waals surface area (Å²) in [6, 6.07) is 21.1. The van der Waals surface area contributed by atoms with E-state index in [0.29, 0.717) is 0 Å². The molecule has 28 heavy (non-hydrogen) atoms. The van der Waals surface area contributed by atoms with E-state index < -0.39 is 0 Å². The Hall–Kier alpha value is -2.92. The summed E-state index contributed by atoms with van der Waals surface area (Å²) in [6.07, 6.45) is 2.65. The van der Waals surface area contributed by atoms with E-state index in [9.17, 15) is 0 Å². The monoisotopic (exact) mass is 373 g/mol. The maximum atomic E-state index is 4.51. The molecule has 0 radical (unpaired) electrons. The van der Waals surface area contributed by atoms with Crippen molar-refractivity contribution >= 4 is 17.3 Å². The number of benzene rings is 2. The Labute approximate surface area is 167 Å². The van der Waals surface area contributed by atoms with Crippen molar-refractivity contribution in [2.24, 2.45) is 0 Å². The van der Waals surface area contributed by atoms with Gasteiger partial charge in [-0.25, -0.2) is 9.97 Å². The molecular formula is C23H27N5. The number of para-hydroxylation sites is 1. The van der Waals surface area contributed by atoms with Crippen LogP contribution in [0.25, 0.3) is 0 Å². The van der Waals surface area contributed by atoms with Crippen LogP contribution in [0.4, 0.5) is 17.3 Å². The van der Waals surface area contributed by atoms with Gasteiger partial charge in [0.05, 0.1) is 0 Å². The van der Waals surface area contributed by atoms with E-state index in [1.165, 1.54) is 11.1 Å². The summed E-state index contributed by atoms with van der Waals surface area (Å²) in [5, 5.41) is 3.46. The molecule has 0 atom stereocenters. The highest BCUT2D eigenvalue weighted by molar-refractivity contribution is 5.62. The van der Waals surface area contributed by atoms with Gasteiger partial charge in [0.25, 0.3) is 0 Å². The first-order valence-electron chi connectivity index (χ1n) is 10.00. The number of aromatic nitrogens is 2. The van der Waals surface area contributed by atoms with E-state index in [0.717, 1.165) is 56.5 Å². The lowest BCUT2D eigenvalue weighted by Gasteiger charge is -2.35. The molecule has 0 aliphatic carbocycles. The van der Waals surface area contributed by atoms with Crippen molar-refractivity contribution in [2.45, 2.75) is 19.9 Å². The zero-order chi connectivity index (χ0) is 19.2. The van der Waals surface area contributed by atoms with E-state index in [1.807, 2.05) is 0 Å². The standard InChI is InChI=1S/C23H27N5/c1-2-20-10-6-7-11-21(20)26-22-16-23(25-18-24-22)28-14-12-27(13-15-28)17-19-8-4-3-5-9-19/h3-11,16,18H,2,12-15,17H2,1H3,(H,24,25,26). The summed E-state index contributed by atoms with van der Waals surface area (Å²) in [5.74, 6) is 1.84. The number of hydrogen-bond acceptors (Lipinski definition) is 5. The molecule has 5 nitrogen and oxygen atoms in total. The van der Waals surface area contributed by atoms with Crippen molar-refractivity contribution in [1.82, 2.24) is 14.9 Å². The van der Waals surface area contributed by atoms with Crippen LogP contribution in [-0.2, 0) is 13.0 Å². The molecular weight excluding hydrogens is 346 g/mol. The Morgan fingerprint density at radius 3 is 2.43 bits per heavy atom. The smallest absolute Gasteiger partial charge is 0.135 e. The first-order valence-corrected chi connectivity index (χ1v) is 10.00. The molecule has 0 unspecified atom stereocenters. The zero-order valence-electron chi connectivity index (χ0n) is 16.4. The minimum Gasteiger partial charge on any atom is -0.354 e. The van der Waals surface area contributed by atoms with Gasteiger partial charge in [-0.3, -0.25) is 4.90 Å². The second kappa shape index (κ2) is 8.85. The molecule has 1 aliphatic heterocycles. The van der Waals surface area contributed by atoms with Gasteiger partial charge in [0.2, 0.25) is 0 Å². The van der Waals surface area contributed by atoms with Crippen LogP contribution >= 0.6 is 0 Å². The molecule has 1 fully saturated rings. The van der Waals surface area contributed by atoms with Gasteiger partial charge in [0, 0.05) is 44.5 Å². The Morgan fingerprint density at radius 2 is 1.64 bits per heavy atom. The van der Waals surface area contributed by atoms with Crippen molar-refractivity contribution in [2.75, 3.05) is 36.4 Å². The number of rotatable bonds is 6. The van der Waals surface area contributed by atoms with Gasteiger partial charge >= 0.3 is 0 Å². The molecule has 3 aromatic rings. The minimum atomic E-state index is 0.845. The summed E-state index contributed by atoms with van der Waals surface area (Å²) in [7, 11) is 0. The van der Waals surface area contributed by atoms with E-state index >= 15 is 0 Å². The highest BCUT2D eigenvalue weighted by Crippen LogP contribution is 2.23. The lowest BCUT2D eigenvalue weighted by atomic mass is 10.1. The lowest BCUT2D eigenvalue weighted by Crippen LogP contribution is -2.46. The molecule has 4 rings (SSSR count). The Kier molecular flexibility index (Phi) is 5.83. The third kappa shape index (κ3) is 4.49. The zero-order valence-corrected chi connectivity index (χ0v) is 16.4. The van der Waals surface area contributed by atoms with Crippen LogP contribution in [-0.4, -0.2) is 41.0 Å². The normalized spacial score (nSPS) is 14.8. The molecule has 0 bridgehead atoms. The molecule has 2 heterocycles. The van der Waals surface area contributed by atoms with Gasteiger partial charge in [-0.2, -0.15) is 0 Å². The fourth-order valence-electron chi connectivity index (χ4n) is 3.65. The lowest BCUT2D eigenvalue weighted by molar-refractivity contribution is 0.249.